The molecule has 7 nitrogen and oxygen atoms in total. The number of rotatable bonds is 7. The van der Waals surface area contributed by atoms with E-state index in [1.165, 1.54) is 18.1 Å². The van der Waals surface area contributed by atoms with E-state index in [9.17, 15) is 14.4 Å². The van der Waals surface area contributed by atoms with Crippen molar-refractivity contribution in [2.24, 2.45) is 5.92 Å². The van der Waals surface area contributed by atoms with Crippen molar-refractivity contribution >= 4 is 23.6 Å². The molecule has 128 valence electrons. The Balaban J connectivity index is 2.75. The molecule has 3 amide bonds. The van der Waals surface area contributed by atoms with Gasteiger partial charge in [-0.1, -0.05) is 13.8 Å². The number of amides is 3. The lowest BCUT2D eigenvalue weighted by Crippen LogP contribution is -2.52. The third-order valence-corrected chi connectivity index (χ3v) is 3.13. The molecule has 0 aliphatic rings. The molecule has 0 saturated heterocycles. The molecule has 0 spiro atoms. The average molecular weight is 323 g/mol. The lowest BCUT2D eigenvalue weighted by atomic mass is 10.1. The van der Waals surface area contributed by atoms with Gasteiger partial charge in [-0.05, 0) is 25.8 Å². The highest BCUT2D eigenvalue weighted by Gasteiger charge is 2.27. The SMILES string of the molecule is CC(=O)NC(C)C(=O)NC(C)C(=O)N(CC(C)C)c1ccco1. The molecule has 1 rings (SSSR count). The summed E-state index contributed by atoms with van der Waals surface area (Å²) in [6.07, 6.45) is 1.50. The Bertz CT molecular complexity index is 540. The molecule has 0 aliphatic heterocycles. The van der Waals surface area contributed by atoms with Crippen molar-refractivity contribution in [3.8, 4) is 0 Å². The minimum atomic E-state index is -0.734. The van der Waals surface area contributed by atoms with Gasteiger partial charge in [0.05, 0.1) is 6.26 Å². The quantitative estimate of drug-likeness (QED) is 0.791. The summed E-state index contributed by atoms with van der Waals surface area (Å²) >= 11 is 0. The topological polar surface area (TPSA) is 91.7 Å². The first-order chi connectivity index (χ1) is 10.7. The monoisotopic (exact) mass is 323 g/mol. The van der Waals surface area contributed by atoms with Gasteiger partial charge in [0.25, 0.3) is 5.91 Å². The molecule has 0 radical (unpaired) electrons. The van der Waals surface area contributed by atoms with Gasteiger partial charge in [-0.25, -0.2) is 0 Å². The van der Waals surface area contributed by atoms with Crippen molar-refractivity contribution in [2.45, 2.75) is 46.7 Å². The van der Waals surface area contributed by atoms with Crippen LogP contribution in [0, 0.1) is 5.92 Å². The van der Waals surface area contributed by atoms with E-state index in [1.807, 2.05) is 13.8 Å². The molecule has 7 heteroatoms. The van der Waals surface area contributed by atoms with Crippen molar-refractivity contribution < 1.29 is 18.8 Å². The first-order valence-electron chi connectivity index (χ1n) is 7.64. The molecule has 0 fully saturated rings. The van der Waals surface area contributed by atoms with Crippen molar-refractivity contribution in [3.05, 3.63) is 18.4 Å². The molecule has 1 aromatic rings. The first-order valence-corrected chi connectivity index (χ1v) is 7.64. The number of furan rings is 1. The third kappa shape index (κ3) is 5.77. The van der Waals surface area contributed by atoms with E-state index >= 15 is 0 Å². The highest BCUT2D eigenvalue weighted by molar-refractivity contribution is 5.98. The summed E-state index contributed by atoms with van der Waals surface area (Å²) in [6, 6.07) is 1.97. The number of carbonyl (C=O) groups is 3. The lowest BCUT2D eigenvalue weighted by molar-refractivity contribution is -0.130. The number of anilines is 1. The fourth-order valence-corrected chi connectivity index (χ4v) is 2.08. The maximum Gasteiger partial charge on any atom is 0.251 e. The molecular formula is C16H25N3O4. The summed E-state index contributed by atoms with van der Waals surface area (Å²) in [4.78, 5) is 37.1. The van der Waals surface area contributed by atoms with Gasteiger partial charge in [0.1, 0.15) is 12.1 Å². The highest BCUT2D eigenvalue weighted by atomic mass is 16.3. The number of hydrogen-bond donors (Lipinski definition) is 2. The molecule has 1 aromatic heterocycles. The Hall–Kier alpha value is -2.31. The second kappa shape index (κ2) is 8.36. The van der Waals surface area contributed by atoms with Crippen LogP contribution in [-0.4, -0.2) is 36.3 Å². The largest absolute Gasteiger partial charge is 0.448 e. The van der Waals surface area contributed by atoms with Gasteiger partial charge in [0, 0.05) is 19.5 Å². The van der Waals surface area contributed by atoms with Crippen LogP contribution in [0.5, 0.6) is 0 Å². The minimum absolute atomic E-state index is 0.241. The zero-order valence-corrected chi connectivity index (χ0v) is 14.3. The number of carbonyl (C=O) groups excluding carboxylic acids is 3. The van der Waals surface area contributed by atoms with E-state index in [0.29, 0.717) is 12.4 Å². The van der Waals surface area contributed by atoms with Crippen LogP contribution in [0.1, 0.15) is 34.6 Å². The minimum Gasteiger partial charge on any atom is -0.448 e. The number of nitrogens with one attached hydrogen (secondary N) is 2. The van der Waals surface area contributed by atoms with Crippen LogP contribution in [0.4, 0.5) is 5.88 Å². The smallest absolute Gasteiger partial charge is 0.251 e. The van der Waals surface area contributed by atoms with Gasteiger partial charge in [-0.15, -0.1) is 0 Å². The average Bonchev–Trinajstić information content (AvgIpc) is 2.96. The maximum atomic E-state index is 12.6. The van der Waals surface area contributed by atoms with E-state index < -0.39 is 18.0 Å². The Morgan fingerprint density at radius 3 is 2.26 bits per heavy atom. The van der Waals surface area contributed by atoms with Crippen molar-refractivity contribution in [3.63, 3.8) is 0 Å². The molecule has 0 aliphatic carbocycles. The fourth-order valence-electron chi connectivity index (χ4n) is 2.08. The highest BCUT2D eigenvalue weighted by Crippen LogP contribution is 2.17. The molecule has 2 unspecified atom stereocenters. The van der Waals surface area contributed by atoms with Crippen LogP contribution in [0.15, 0.2) is 22.8 Å². The van der Waals surface area contributed by atoms with Crippen molar-refractivity contribution in [1.82, 2.24) is 10.6 Å². The van der Waals surface area contributed by atoms with Gasteiger partial charge >= 0.3 is 0 Å². The van der Waals surface area contributed by atoms with E-state index in [1.54, 1.807) is 26.0 Å². The lowest BCUT2D eigenvalue weighted by Gasteiger charge is -2.26. The molecule has 1 heterocycles. The second-order valence-corrected chi connectivity index (χ2v) is 5.95. The predicted molar refractivity (Wildman–Crippen MR) is 86.8 cm³/mol. The van der Waals surface area contributed by atoms with Crippen LogP contribution in [0.2, 0.25) is 0 Å². The van der Waals surface area contributed by atoms with E-state index in [4.69, 9.17) is 4.42 Å². The molecule has 2 N–H and O–H groups in total. The third-order valence-electron chi connectivity index (χ3n) is 3.13. The first kappa shape index (κ1) is 18.7. The normalized spacial score (nSPS) is 13.3. The van der Waals surface area contributed by atoms with Gasteiger partial charge in [-0.3, -0.25) is 19.3 Å². The molecule has 23 heavy (non-hydrogen) atoms. The number of nitrogens with zero attached hydrogens (tertiary/aromatic N) is 1. The Morgan fingerprint density at radius 2 is 1.78 bits per heavy atom. The zero-order chi connectivity index (χ0) is 17.6. The Morgan fingerprint density at radius 1 is 1.13 bits per heavy atom. The zero-order valence-electron chi connectivity index (χ0n) is 14.3. The van der Waals surface area contributed by atoms with E-state index in [2.05, 4.69) is 10.6 Å². The molecular weight excluding hydrogens is 298 g/mol. The van der Waals surface area contributed by atoms with Crippen LogP contribution < -0.4 is 15.5 Å². The van der Waals surface area contributed by atoms with Crippen LogP contribution in [0.25, 0.3) is 0 Å². The van der Waals surface area contributed by atoms with Crippen molar-refractivity contribution in [1.29, 1.82) is 0 Å². The summed E-state index contributed by atoms with van der Waals surface area (Å²) in [6.45, 7) is 8.97. The maximum absolute atomic E-state index is 12.6. The van der Waals surface area contributed by atoms with Crippen molar-refractivity contribution in [2.75, 3.05) is 11.4 Å². The van der Waals surface area contributed by atoms with Gasteiger partial charge in [0.15, 0.2) is 0 Å². The molecule has 0 saturated carbocycles. The second-order valence-electron chi connectivity index (χ2n) is 5.95. The number of hydrogen-bond acceptors (Lipinski definition) is 4. The molecule has 2 atom stereocenters. The molecule has 0 aromatic carbocycles. The summed E-state index contributed by atoms with van der Waals surface area (Å²) < 4.78 is 5.31. The summed E-state index contributed by atoms with van der Waals surface area (Å²) in [5.41, 5.74) is 0. The fraction of sp³-hybridized carbons (Fsp3) is 0.562. The van der Waals surface area contributed by atoms with Crippen LogP contribution in [0.3, 0.4) is 0 Å². The Kier molecular flexibility index (Phi) is 6.81. The summed E-state index contributed by atoms with van der Waals surface area (Å²) in [5.74, 6) is -0.296. The summed E-state index contributed by atoms with van der Waals surface area (Å²) in [7, 11) is 0. The summed E-state index contributed by atoms with van der Waals surface area (Å²) in [5, 5.41) is 5.10. The van der Waals surface area contributed by atoms with Gasteiger partial charge in [-0.2, -0.15) is 0 Å². The van der Waals surface area contributed by atoms with Crippen LogP contribution >= 0.6 is 0 Å². The predicted octanol–water partition coefficient (Wildman–Crippen LogP) is 1.30. The van der Waals surface area contributed by atoms with E-state index in [-0.39, 0.29) is 17.7 Å². The van der Waals surface area contributed by atoms with Crippen LogP contribution in [-0.2, 0) is 14.4 Å². The molecule has 0 bridgehead atoms. The van der Waals surface area contributed by atoms with E-state index in [0.717, 1.165) is 0 Å². The standard InChI is InChI=1S/C16H25N3O4/c1-10(2)9-19(14-7-6-8-23-14)16(22)12(4)18-15(21)11(3)17-13(5)20/h6-8,10-12H,9H2,1-5H3,(H,17,20)(H,18,21). The Labute approximate surface area is 136 Å². The van der Waals surface area contributed by atoms with Gasteiger partial charge < -0.3 is 15.1 Å². The van der Waals surface area contributed by atoms with Gasteiger partial charge in [0.2, 0.25) is 17.7 Å².